The molecule has 0 saturated heterocycles. The van der Waals surface area contributed by atoms with Crippen LogP contribution in [0.3, 0.4) is 0 Å². The summed E-state index contributed by atoms with van der Waals surface area (Å²) in [5, 5.41) is 9.27. The van der Waals surface area contributed by atoms with Crippen LogP contribution in [0.25, 0.3) is 0 Å². The van der Waals surface area contributed by atoms with Crippen molar-refractivity contribution in [3.8, 4) is 0 Å². The van der Waals surface area contributed by atoms with Gasteiger partial charge in [-0.3, -0.25) is 0 Å². The number of methoxy groups -OCH3 is 1. The van der Waals surface area contributed by atoms with Gasteiger partial charge in [0.1, 0.15) is 0 Å². The number of hydrogen-bond acceptors (Lipinski definition) is 4. The fraction of sp³-hybridized carbons (Fsp3) is 0.571. The van der Waals surface area contributed by atoms with E-state index in [1.807, 2.05) is 13.8 Å². The summed E-state index contributed by atoms with van der Waals surface area (Å²) in [5.74, 6) is 0. The highest BCUT2D eigenvalue weighted by atomic mass is 32.2. The lowest BCUT2D eigenvalue weighted by Gasteiger charge is -2.26. The van der Waals surface area contributed by atoms with Gasteiger partial charge in [-0.1, -0.05) is 12.1 Å². The second kappa shape index (κ2) is 7.17. The predicted molar refractivity (Wildman–Crippen MR) is 78.0 cm³/mol. The van der Waals surface area contributed by atoms with E-state index in [-0.39, 0.29) is 17.5 Å². The van der Waals surface area contributed by atoms with Crippen LogP contribution >= 0.6 is 0 Å². The minimum absolute atomic E-state index is 0.160. The first kappa shape index (κ1) is 17.1. The summed E-state index contributed by atoms with van der Waals surface area (Å²) in [7, 11) is -2.05. The first-order chi connectivity index (χ1) is 9.36. The van der Waals surface area contributed by atoms with Crippen molar-refractivity contribution in [1.29, 1.82) is 0 Å². The molecule has 0 amide bonds. The second-order valence-electron chi connectivity index (χ2n) is 4.90. The molecule has 0 saturated carbocycles. The largest absolute Gasteiger partial charge is 0.392 e. The zero-order valence-corrected chi connectivity index (χ0v) is 13.3. The molecule has 1 aromatic carbocycles. The fourth-order valence-electron chi connectivity index (χ4n) is 2.07. The third-order valence-electron chi connectivity index (χ3n) is 3.25. The molecule has 0 heterocycles. The number of sulfonamides is 1. The Labute approximate surface area is 121 Å². The molecule has 0 aliphatic heterocycles. The molecule has 0 fully saturated rings. The highest BCUT2D eigenvalue weighted by Gasteiger charge is 2.28. The van der Waals surface area contributed by atoms with E-state index in [0.29, 0.717) is 24.3 Å². The van der Waals surface area contributed by atoms with Gasteiger partial charge in [-0.05, 0) is 38.0 Å². The Balaban J connectivity index is 3.26. The Bertz CT molecular complexity index is 540. The molecule has 0 bridgehead atoms. The van der Waals surface area contributed by atoms with Crippen LogP contribution < -0.4 is 0 Å². The summed E-state index contributed by atoms with van der Waals surface area (Å²) in [6.07, 6.45) is 0. The number of benzene rings is 1. The van der Waals surface area contributed by atoms with Gasteiger partial charge in [0.05, 0.1) is 18.1 Å². The van der Waals surface area contributed by atoms with Crippen LogP contribution in [0.1, 0.15) is 25.0 Å². The lowest BCUT2D eigenvalue weighted by Crippen LogP contribution is -2.39. The molecule has 0 aliphatic carbocycles. The SMILES string of the molecule is COCCN(C(C)C)S(=O)(=O)c1cccc(CO)c1C. The van der Waals surface area contributed by atoms with Crippen molar-refractivity contribution in [2.45, 2.75) is 38.3 Å². The van der Waals surface area contributed by atoms with E-state index in [4.69, 9.17) is 4.74 Å². The van der Waals surface area contributed by atoms with Gasteiger partial charge in [0.25, 0.3) is 0 Å². The minimum atomic E-state index is -3.59. The zero-order chi connectivity index (χ0) is 15.3. The van der Waals surface area contributed by atoms with E-state index < -0.39 is 10.0 Å². The Morgan fingerprint density at radius 2 is 2.00 bits per heavy atom. The summed E-state index contributed by atoms with van der Waals surface area (Å²) < 4.78 is 31.9. The molecule has 1 N–H and O–H groups in total. The van der Waals surface area contributed by atoms with Crippen LogP contribution in [-0.2, 0) is 21.4 Å². The van der Waals surface area contributed by atoms with E-state index in [1.165, 1.54) is 4.31 Å². The minimum Gasteiger partial charge on any atom is -0.392 e. The third-order valence-corrected chi connectivity index (χ3v) is 5.46. The molecule has 6 heteroatoms. The summed E-state index contributed by atoms with van der Waals surface area (Å²) in [6, 6.07) is 4.79. The molecule has 1 aromatic rings. The Kier molecular flexibility index (Phi) is 6.13. The predicted octanol–water partition coefficient (Wildman–Crippen LogP) is 1.53. The maximum atomic E-state index is 12.8. The van der Waals surface area contributed by atoms with Gasteiger partial charge >= 0.3 is 0 Å². The molecule has 0 aliphatic rings. The summed E-state index contributed by atoms with van der Waals surface area (Å²) >= 11 is 0. The van der Waals surface area contributed by atoms with Crippen LogP contribution in [0.2, 0.25) is 0 Å². The van der Waals surface area contributed by atoms with E-state index in [9.17, 15) is 13.5 Å². The van der Waals surface area contributed by atoms with Crippen LogP contribution in [-0.4, -0.2) is 44.1 Å². The highest BCUT2D eigenvalue weighted by Crippen LogP contribution is 2.24. The summed E-state index contributed by atoms with van der Waals surface area (Å²) in [6.45, 7) is 5.86. The summed E-state index contributed by atoms with van der Waals surface area (Å²) in [4.78, 5) is 0.244. The van der Waals surface area contributed by atoms with Crippen LogP contribution in [0.4, 0.5) is 0 Å². The molecule has 5 nitrogen and oxygen atoms in total. The van der Waals surface area contributed by atoms with Crippen molar-refractivity contribution in [3.63, 3.8) is 0 Å². The van der Waals surface area contributed by atoms with E-state index >= 15 is 0 Å². The maximum absolute atomic E-state index is 12.8. The smallest absolute Gasteiger partial charge is 0.243 e. The van der Waals surface area contributed by atoms with Gasteiger partial charge in [0, 0.05) is 19.7 Å². The quantitative estimate of drug-likeness (QED) is 0.829. The average molecular weight is 301 g/mol. The van der Waals surface area contributed by atoms with E-state index in [2.05, 4.69) is 0 Å². The van der Waals surface area contributed by atoms with E-state index in [0.717, 1.165) is 0 Å². The molecule has 0 aromatic heterocycles. The fourth-order valence-corrected chi connectivity index (χ4v) is 3.97. The molecule has 1 rings (SSSR count). The van der Waals surface area contributed by atoms with Crippen LogP contribution in [0.5, 0.6) is 0 Å². The molecular weight excluding hydrogens is 278 g/mol. The van der Waals surface area contributed by atoms with Crippen molar-refractivity contribution in [2.75, 3.05) is 20.3 Å². The molecule has 0 atom stereocenters. The number of nitrogens with zero attached hydrogens (tertiary/aromatic N) is 1. The van der Waals surface area contributed by atoms with Crippen molar-refractivity contribution >= 4 is 10.0 Å². The van der Waals surface area contributed by atoms with Crippen molar-refractivity contribution in [2.24, 2.45) is 0 Å². The molecular formula is C14H23NO4S. The number of rotatable bonds is 7. The highest BCUT2D eigenvalue weighted by molar-refractivity contribution is 7.89. The number of aliphatic hydroxyl groups excluding tert-OH is 1. The van der Waals surface area contributed by atoms with Crippen LogP contribution in [0, 0.1) is 6.92 Å². The van der Waals surface area contributed by atoms with Crippen molar-refractivity contribution < 1.29 is 18.3 Å². The lowest BCUT2D eigenvalue weighted by atomic mass is 10.1. The number of ether oxygens (including phenoxy) is 1. The number of hydrogen-bond donors (Lipinski definition) is 1. The van der Waals surface area contributed by atoms with Crippen molar-refractivity contribution in [1.82, 2.24) is 4.31 Å². The monoisotopic (exact) mass is 301 g/mol. The standard InChI is InChI=1S/C14H23NO4S/c1-11(2)15(8-9-19-4)20(17,18)14-7-5-6-13(10-16)12(14)3/h5-7,11,16H,8-10H2,1-4H3. The first-order valence-electron chi connectivity index (χ1n) is 6.56. The zero-order valence-electron chi connectivity index (χ0n) is 12.5. The Morgan fingerprint density at radius 1 is 1.35 bits per heavy atom. The van der Waals surface area contributed by atoms with Gasteiger partial charge in [-0.15, -0.1) is 0 Å². The average Bonchev–Trinajstić information content (AvgIpc) is 2.38. The number of aliphatic hydroxyl groups is 1. The molecule has 0 spiro atoms. The third kappa shape index (κ3) is 3.58. The molecule has 114 valence electrons. The second-order valence-corrected chi connectivity index (χ2v) is 6.76. The molecule has 20 heavy (non-hydrogen) atoms. The topological polar surface area (TPSA) is 66.8 Å². The molecule has 0 radical (unpaired) electrons. The van der Waals surface area contributed by atoms with E-state index in [1.54, 1.807) is 32.2 Å². The summed E-state index contributed by atoms with van der Waals surface area (Å²) in [5.41, 5.74) is 1.22. The van der Waals surface area contributed by atoms with Gasteiger partial charge in [0.2, 0.25) is 10.0 Å². The normalized spacial score (nSPS) is 12.3. The Morgan fingerprint density at radius 3 is 2.50 bits per heavy atom. The Hall–Kier alpha value is -0.950. The lowest BCUT2D eigenvalue weighted by molar-refractivity contribution is 0.171. The molecule has 0 unspecified atom stereocenters. The first-order valence-corrected chi connectivity index (χ1v) is 8.00. The maximum Gasteiger partial charge on any atom is 0.243 e. The van der Waals surface area contributed by atoms with Crippen molar-refractivity contribution in [3.05, 3.63) is 29.3 Å². The van der Waals surface area contributed by atoms with Gasteiger partial charge in [-0.2, -0.15) is 4.31 Å². The van der Waals surface area contributed by atoms with Gasteiger partial charge in [0.15, 0.2) is 0 Å². The van der Waals surface area contributed by atoms with Gasteiger partial charge in [-0.25, -0.2) is 8.42 Å². The van der Waals surface area contributed by atoms with Crippen LogP contribution in [0.15, 0.2) is 23.1 Å². The van der Waals surface area contributed by atoms with Gasteiger partial charge < -0.3 is 9.84 Å².